The molecule has 2 aliphatic heterocycles. The van der Waals surface area contributed by atoms with Crippen molar-refractivity contribution in [2.24, 2.45) is 5.41 Å². The molecule has 4 heterocycles. The number of sulfonamides is 1. The highest BCUT2D eigenvalue weighted by molar-refractivity contribution is 7.89. The molecule has 2 atom stereocenters. The number of carbonyl (C=O) groups is 1. The number of rotatable bonds is 6. The number of aromatic nitrogens is 3. The van der Waals surface area contributed by atoms with Crippen LogP contribution in [0.4, 0.5) is 4.39 Å². The lowest BCUT2D eigenvalue weighted by Gasteiger charge is -2.44. The summed E-state index contributed by atoms with van der Waals surface area (Å²) in [6.45, 7) is 0.946. The van der Waals surface area contributed by atoms with Crippen molar-refractivity contribution in [3.8, 4) is 5.69 Å². The number of hydrogen-bond acceptors (Lipinski definition) is 7. The molecule has 0 spiro atoms. The van der Waals surface area contributed by atoms with Crippen molar-refractivity contribution in [1.29, 1.82) is 0 Å². The number of benzene rings is 1. The third-order valence-corrected chi connectivity index (χ3v) is 9.99. The molecule has 0 N–H and O–H groups in total. The van der Waals surface area contributed by atoms with Gasteiger partial charge in [0.1, 0.15) is 5.82 Å². The molecule has 3 aromatic rings. The second-order valence-electron chi connectivity index (χ2n) is 9.54. The van der Waals surface area contributed by atoms with Crippen LogP contribution in [0.5, 0.6) is 0 Å². The maximum Gasteiger partial charge on any atom is 0.216 e. The van der Waals surface area contributed by atoms with E-state index in [1.54, 1.807) is 34.6 Å². The highest BCUT2D eigenvalue weighted by Gasteiger charge is 2.51. The Labute approximate surface area is 212 Å². The van der Waals surface area contributed by atoms with Gasteiger partial charge in [-0.2, -0.15) is 5.10 Å². The molecule has 0 unspecified atom stereocenters. The summed E-state index contributed by atoms with van der Waals surface area (Å²) in [4.78, 5) is 18.2. The van der Waals surface area contributed by atoms with Crippen LogP contribution >= 0.6 is 11.3 Å². The van der Waals surface area contributed by atoms with Crippen LogP contribution in [0.25, 0.3) is 11.8 Å². The van der Waals surface area contributed by atoms with Gasteiger partial charge in [0, 0.05) is 31.3 Å². The van der Waals surface area contributed by atoms with Crippen LogP contribution in [0, 0.1) is 11.2 Å². The van der Waals surface area contributed by atoms with Gasteiger partial charge in [-0.3, -0.25) is 4.79 Å². The van der Waals surface area contributed by atoms with Crippen LogP contribution in [0.1, 0.15) is 40.3 Å². The van der Waals surface area contributed by atoms with Gasteiger partial charge in [0.15, 0.2) is 5.01 Å². The number of fused-ring (bicyclic) bond motifs is 2. The third kappa shape index (κ3) is 4.03. The molecule has 2 aromatic heterocycles. The number of hydrogen-bond donors (Lipinski definition) is 0. The molecule has 11 heteroatoms. The monoisotopic (exact) mass is 528 g/mol. The van der Waals surface area contributed by atoms with Crippen LogP contribution in [-0.2, 0) is 21.2 Å². The Bertz CT molecular complexity index is 1430. The topological polar surface area (TPSA) is 94.4 Å². The minimum absolute atomic E-state index is 0.0630. The standard InChI is InChI=1S/C25H25FN4O4S2/c26-19-3-5-20(6-4-19)30-22-12-18-7-9-29(36(32,33)15-21-2-1-10-34-21)16-25(18,13-17(22)14-28-30)23(31)24-27-8-11-35-24/h3-6,8,11-12,14,21H,1-2,7,9-10,13,15-16H2/t21-,25+/m1/s1. The summed E-state index contributed by atoms with van der Waals surface area (Å²) in [5.41, 5.74) is 2.21. The predicted molar refractivity (Wildman–Crippen MR) is 133 cm³/mol. The number of Topliss-reactive ketones (excluding diaryl/α,β-unsaturated/α-hetero) is 1. The number of piperidine rings is 1. The van der Waals surface area contributed by atoms with E-state index in [0.29, 0.717) is 36.7 Å². The van der Waals surface area contributed by atoms with Crippen LogP contribution in [0.2, 0.25) is 0 Å². The molecule has 3 aliphatic rings. The second-order valence-corrected chi connectivity index (χ2v) is 12.4. The van der Waals surface area contributed by atoms with E-state index >= 15 is 0 Å². The molecule has 1 aromatic carbocycles. The van der Waals surface area contributed by atoms with Crippen molar-refractivity contribution in [3.05, 3.63) is 69.7 Å². The lowest BCUT2D eigenvalue weighted by molar-refractivity contribution is 0.0773. The molecule has 0 amide bonds. The fourth-order valence-electron chi connectivity index (χ4n) is 5.50. The lowest BCUT2D eigenvalue weighted by Crippen LogP contribution is -2.54. The number of halogens is 1. The van der Waals surface area contributed by atoms with E-state index in [4.69, 9.17) is 4.74 Å². The molecule has 36 heavy (non-hydrogen) atoms. The normalized spacial score (nSPS) is 24.2. The SMILES string of the molecule is O=C(c1nccs1)[C@]12Cc3cnn(-c4ccc(F)cc4)c3C=C1CCN(S(=O)(=O)C[C@H]1CCCO1)C2. The Kier molecular flexibility index (Phi) is 5.90. The number of carbonyl (C=O) groups excluding carboxylic acids is 1. The molecule has 2 fully saturated rings. The van der Waals surface area contributed by atoms with Crippen molar-refractivity contribution >= 4 is 33.2 Å². The first-order valence-corrected chi connectivity index (χ1v) is 14.4. The van der Waals surface area contributed by atoms with Gasteiger partial charge in [0.05, 0.1) is 34.8 Å². The zero-order valence-corrected chi connectivity index (χ0v) is 21.1. The molecule has 0 saturated carbocycles. The van der Waals surface area contributed by atoms with E-state index in [2.05, 4.69) is 10.1 Å². The Hall–Kier alpha value is -2.73. The minimum atomic E-state index is -3.62. The average molecular weight is 529 g/mol. The highest BCUT2D eigenvalue weighted by atomic mass is 32.2. The zero-order chi connectivity index (χ0) is 24.9. The van der Waals surface area contributed by atoms with Crippen molar-refractivity contribution < 1.29 is 22.3 Å². The minimum Gasteiger partial charge on any atom is -0.377 e. The van der Waals surface area contributed by atoms with E-state index in [0.717, 1.165) is 29.7 Å². The van der Waals surface area contributed by atoms with Gasteiger partial charge in [0.25, 0.3) is 0 Å². The van der Waals surface area contributed by atoms with Crippen LogP contribution < -0.4 is 0 Å². The summed E-state index contributed by atoms with van der Waals surface area (Å²) >= 11 is 1.26. The van der Waals surface area contributed by atoms with Gasteiger partial charge in [-0.05, 0) is 61.6 Å². The van der Waals surface area contributed by atoms with E-state index in [1.807, 2.05) is 6.08 Å². The summed E-state index contributed by atoms with van der Waals surface area (Å²) in [5.74, 6) is -0.565. The molecule has 2 saturated heterocycles. The number of thiazole rings is 1. The molecular weight excluding hydrogens is 503 g/mol. The van der Waals surface area contributed by atoms with Gasteiger partial charge in [-0.25, -0.2) is 26.8 Å². The lowest BCUT2D eigenvalue weighted by atomic mass is 9.66. The van der Waals surface area contributed by atoms with E-state index in [1.165, 1.54) is 27.8 Å². The van der Waals surface area contributed by atoms with E-state index in [9.17, 15) is 17.6 Å². The molecular formula is C25H25FN4O4S2. The van der Waals surface area contributed by atoms with E-state index in [-0.39, 0.29) is 30.0 Å². The Morgan fingerprint density at radius 2 is 2.11 bits per heavy atom. The Morgan fingerprint density at radius 3 is 2.83 bits per heavy atom. The van der Waals surface area contributed by atoms with Crippen molar-refractivity contribution in [3.63, 3.8) is 0 Å². The summed E-state index contributed by atoms with van der Waals surface area (Å²) in [6.07, 6.45) is 7.30. The van der Waals surface area contributed by atoms with Crippen molar-refractivity contribution in [2.45, 2.75) is 31.8 Å². The van der Waals surface area contributed by atoms with Crippen LogP contribution in [-0.4, -0.2) is 64.8 Å². The van der Waals surface area contributed by atoms with Gasteiger partial charge in [-0.1, -0.05) is 5.57 Å². The van der Waals surface area contributed by atoms with Crippen molar-refractivity contribution in [2.75, 3.05) is 25.4 Å². The zero-order valence-electron chi connectivity index (χ0n) is 19.5. The Morgan fingerprint density at radius 1 is 1.28 bits per heavy atom. The molecule has 188 valence electrons. The van der Waals surface area contributed by atoms with Gasteiger partial charge < -0.3 is 4.74 Å². The maximum atomic E-state index is 14.0. The summed E-state index contributed by atoms with van der Waals surface area (Å²) in [6, 6.07) is 6.08. The fraction of sp³-hybridized carbons (Fsp3) is 0.400. The van der Waals surface area contributed by atoms with E-state index < -0.39 is 15.4 Å². The Balaban J connectivity index is 1.39. The molecule has 0 radical (unpaired) electrons. The first kappa shape index (κ1) is 23.7. The van der Waals surface area contributed by atoms with Crippen molar-refractivity contribution in [1.82, 2.24) is 19.1 Å². The number of ketones is 1. The van der Waals surface area contributed by atoms with Gasteiger partial charge in [-0.15, -0.1) is 11.3 Å². The molecule has 1 aliphatic carbocycles. The molecule has 6 rings (SSSR count). The smallest absolute Gasteiger partial charge is 0.216 e. The quantitative estimate of drug-likeness (QED) is 0.455. The summed E-state index contributed by atoms with van der Waals surface area (Å²) in [5, 5.41) is 6.64. The summed E-state index contributed by atoms with van der Waals surface area (Å²) < 4.78 is 49.0. The first-order chi connectivity index (χ1) is 17.4. The molecule has 0 bridgehead atoms. The average Bonchev–Trinajstić information content (AvgIpc) is 3.64. The molecule has 8 nitrogen and oxygen atoms in total. The number of nitrogens with zero attached hydrogens (tertiary/aromatic N) is 4. The summed E-state index contributed by atoms with van der Waals surface area (Å²) in [7, 11) is -3.62. The van der Waals surface area contributed by atoms with Crippen LogP contribution in [0.3, 0.4) is 0 Å². The second kappa shape index (κ2) is 8.98. The number of ether oxygens (including phenoxy) is 1. The van der Waals surface area contributed by atoms with Crippen LogP contribution in [0.15, 0.2) is 47.6 Å². The maximum absolute atomic E-state index is 14.0. The third-order valence-electron chi connectivity index (χ3n) is 7.33. The van der Waals surface area contributed by atoms with Gasteiger partial charge in [0.2, 0.25) is 15.8 Å². The highest BCUT2D eigenvalue weighted by Crippen LogP contribution is 2.47. The van der Waals surface area contributed by atoms with Gasteiger partial charge >= 0.3 is 0 Å². The first-order valence-electron chi connectivity index (χ1n) is 11.9. The largest absolute Gasteiger partial charge is 0.377 e. The predicted octanol–water partition coefficient (Wildman–Crippen LogP) is 3.49. The fourth-order valence-corrected chi connectivity index (χ4v) is 7.90.